The predicted molar refractivity (Wildman–Crippen MR) is 241 cm³/mol. The Balaban J connectivity index is 0.000000154. The molecule has 0 unspecified atom stereocenters. The molecular formula is C54H54IrN3-3. The van der Waals surface area contributed by atoms with Crippen LogP contribution in [0.5, 0.6) is 0 Å². The number of hydrogen-bond acceptors (Lipinski definition) is 3. The van der Waals surface area contributed by atoms with E-state index in [2.05, 4.69) is 165 Å². The summed E-state index contributed by atoms with van der Waals surface area (Å²) in [5.41, 5.74) is 12.3. The minimum atomic E-state index is 0. The molecule has 9 rings (SSSR count). The quantitative estimate of drug-likeness (QED) is 0.128. The van der Waals surface area contributed by atoms with Crippen LogP contribution in [0.25, 0.3) is 55.0 Å². The van der Waals surface area contributed by atoms with E-state index in [0.29, 0.717) is 0 Å². The Labute approximate surface area is 359 Å². The molecular weight excluding hydrogens is 883 g/mol. The maximum absolute atomic E-state index is 4.91. The Morgan fingerprint density at radius 2 is 1.14 bits per heavy atom. The molecule has 3 aromatic heterocycles. The van der Waals surface area contributed by atoms with Gasteiger partial charge in [-0.1, -0.05) is 124 Å². The third kappa shape index (κ3) is 8.56. The van der Waals surface area contributed by atoms with Gasteiger partial charge >= 0.3 is 0 Å². The number of hydrogen-bond donors (Lipinski definition) is 0. The van der Waals surface area contributed by atoms with Gasteiger partial charge in [-0.05, 0) is 83.5 Å². The van der Waals surface area contributed by atoms with Crippen molar-refractivity contribution in [3.63, 3.8) is 0 Å². The minimum Gasteiger partial charge on any atom is -0.305 e. The molecule has 1 aliphatic carbocycles. The van der Waals surface area contributed by atoms with Crippen molar-refractivity contribution in [2.24, 2.45) is 0 Å². The summed E-state index contributed by atoms with van der Waals surface area (Å²) in [5.74, 6) is 0. The molecule has 0 bridgehead atoms. The SMILES string of the molecule is CC(C)(C)c1cc[c-]c(-c2cc(C(C)(C)C)ccn2)c1.CC(C)(C)c1cnc2c3[c-]ccc4c3c3c(cccc3c2c1)C4(C)C.[Ir].[c-]1ccccc1-c1ccccn1. The van der Waals surface area contributed by atoms with Crippen LogP contribution in [-0.4, -0.2) is 15.0 Å². The summed E-state index contributed by atoms with van der Waals surface area (Å²) in [4.78, 5) is 13.6. The number of aromatic nitrogens is 3. The fraction of sp³-hybridized carbons (Fsp3) is 0.278. The second-order valence-corrected chi connectivity index (χ2v) is 18.8. The Morgan fingerprint density at radius 3 is 1.81 bits per heavy atom. The van der Waals surface area contributed by atoms with E-state index in [1.807, 2.05) is 60.9 Å². The molecule has 0 amide bonds. The largest absolute Gasteiger partial charge is 0.305 e. The first kappa shape index (κ1) is 42.6. The van der Waals surface area contributed by atoms with Gasteiger partial charge in [0.15, 0.2) is 0 Å². The molecule has 0 N–H and O–H groups in total. The number of fused-ring (bicyclic) bond motifs is 3. The molecule has 0 atom stereocenters. The van der Waals surface area contributed by atoms with Crippen molar-refractivity contribution in [3.8, 4) is 22.5 Å². The van der Waals surface area contributed by atoms with Crippen LogP contribution in [0, 0.1) is 18.2 Å². The van der Waals surface area contributed by atoms with E-state index in [1.54, 1.807) is 6.20 Å². The van der Waals surface area contributed by atoms with Crippen LogP contribution in [0.1, 0.15) is 104 Å². The van der Waals surface area contributed by atoms with E-state index >= 15 is 0 Å². The summed E-state index contributed by atoms with van der Waals surface area (Å²) in [5, 5.41) is 6.49. The Kier molecular flexibility index (Phi) is 12.0. The molecule has 3 nitrogen and oxygen atoms in total. The molecule has 0 saturated carbocycles. The predicted octanol–water partition coefficient (Wildman–Crippen LogP) is 14.0. The van der Waals surface area contributed by atoms with Gasteiger partial charge in [0.1, 0.15) is 0 Å². The van der Waals surface area contributed by atoms with Gasteiger partial charge in [0.2, 0.25) is 0 Å². The zero-order valence-corrected chi connectivity index (χ0v) is 38.2. The van der Waals surface area contributed by atoms with Crippen molar-refractivity contribution in [3.05, 3.63) is 174 Å². The number of nitrogens with zero attached hydrogens (tertiary/aromatic N) is 3. The summed E-state index contributed by atoms with van der Waals surface area (Å²) in [6.07, 6.45) is 5.73. The maximum Gasteiger partial charge on any atom is 0.0198 e. The average molecular weight is 937 g/mol. The van der Waals surface area contributed by atoms with Crippen molar-refractivity contribution >= 4 is 32.4 Å². The molecule has 0 aliphatic heterocycles. The molecule has 0 spiro atoms. The Hall–Kier alpha value is -5.02. The van der Waals surface area contributed by atoms with Gasteiger partial charge in [-0.3, -0.25) is 0 Å². The minimum absolute atomic E-state index is 0. The van der Waals surface area contributed by atoms with Crippen LogP contribution in [0.3, 0.4) is 0 Å². The normalized spacial score (nSPS) is 13.1. The summed E-state index contributed by atoms with van der Waals surface area (Å²) < 4.78 is 0. The second-order valence-electron chi connectivity index (χ2n) is 18.8. The van der Waals surface area contributed by atoms with Gasteiger partial charge in [-0.25, -0.2) is 0 Å². The summed E-state index contributed by atoms with van der Waals surface area (Å²) in [6.45, 7) is 24.7. The molecule has 297 valence electrons. The topological polar surface area (TPSA) is 38.7 Å². The molecule has 1 aliphatic rings. The zero-order valence-electron chi connectivity index (χ0n) is 35.8. The summed E-state index contributed by atoms with van der Waals surface area (Å²) >= 11 is 0. The number of pyridine rings is 3. The van der Waals surface area contributed by atoms with E-state index in [9.17, 15) is 0 Å². The Morgan fingerprint density at radius 1 is 0.483 bits per heavy atom. The molecule has 5 aromatic carbocycles. The number of rotatable bonds is 2. The van der Waals surface area contributed by atoms with E-state index < -0.39 is 0 Å². The molecule has 0 saturated heterocycles. The molecule has 58 heavy (non-hydrogen) atoms. The van der Waals surface area contributed by atoms with Crippen LogP contribution in [0.15, 0.2) is 128 Å². The molecule has 4 heteroatoms. The summed E-state index contributed by atoms with van der Waals surface area (Å²) in [7, 11) is 0. The molecule has 0 fully saturated rings. The smallest absolute Gasteiger partial charge is 0.0198 e. The van der Waals surface area contributed by atoms with Crippen LogP contribution in [0.4, 0.5) is 0 Å². The second kappa shape index (κ2) is 16.3. The van der Waals surface area contributed by atoms with Gasteiger partial charge in [0.05, 0.1) is 0 Å². The van der Waals surface area contributed by atoms with Crippen molar-refractivity contribution in [2.45, 2.75) is 97.8 Å². The first-order chi connectivity index (χ1) is 26.9. The van der Waals surface area contributed by atoms with Gasteiger partial charge in [-0.2, -0.15) is 0 Å². The van der Waals surface area contributed by atoms with Gasteiger partial charge < -0.3 is 15.0 Å². The van der Waals surface area contributed by atoms with Gasteiger partial charge in [0, 0.05) is 38.7 Å². The van der Waals surface area contributed by atoms with E-state index in [0.717, 1.165) is 28.0 Å². The van der Waals surface area contributed by atoms with E-state index in [-0.39, 0.29) is 41.8 Å². The third-order valence-corrected chi connectivity index (χ3v) is 11.2. The first-order valence-corrected chi connectivity index (χ1v) is 20.0. The third-order valence-electron chi connectivity index (χ3n) is 11.2. The molecule has 8 aromatic rings. The fourth-order valence-electron chi connectivity index (χ4n) is 7.66. The van der Waals surface area contributed by atoms with E-state index in [4.69, 9.17) is 4.98 Å². The maximum atomic E-state index is 4.91. The average Bonchev–Trinajstić information content (AvgIpc) is 3.44. The van der Waals surface area contributed by atoms with Crippen LogP contribution < -0.4 is 0 Å². The standard InChI is InChI=1S/C24H22N.C19H24N.C11H8N.Ir/c1-23(2,3)14-12-17-15-8-6-10-18-20(15)21-16(22(17)25-13-14)9-7-11-19(21)24(18,4)5;1-18(2,3)15-9-7-8-14(12-15)17-13-16(10-11-20-17)19(4,5)6;1-2-6-10(7-3-1)11-8-4-5-9-12-11;/h6-8,10-13H,1-5H3;7,9-13H,1-6H3;1-6,8-9H;/q3*-1;. The molecule has 1 radical (unpaired) electrons. The zero-order chi connectivity index (χ0) is 40.8. The fourth-order valence-corrected chi connectivity index (χ4v) is 7.66. The van der Waals surface area contributed by atoms with Gasteiger partial charge in [-0.15, -0.1) is 100 Å². The van der Waals surface area contributed by atoms with Crippen LogP contribution in [-0.2, 0) is 41.8 Å². The number of benzene rings is 5. The van der Waals surface area contributed by atoms with Crippen molar-refractivity contribution in [1.29, 1.82) is 0 Å². The van der Waals surface area contributed by atoms with E-state index in [1.165, 1.54) is 54.7 Å². The summed E-state index contributed by atoms with van der Waals surface area (Å²) in [6, 6.07) is 47.6. The van der Waals surface area contributed by atoms with Crippen molar-refractivity contribution < 1.29 is 20.1 Å². The van der Waals surface area contributed by atoms with Crippen LogP contribution >= 0.6 is 0 Å². The van der Waals surface area contributed by atoms with Gasteiger partial charge in [0.25, 0.3) is 0 Å². The molecule has 3 heterocycles. The first-order valence-electron chi connectivity index (χ1n) is 20.0. The Bertz CT molecular complexity index is 2600. The monoisotopic (exact) mass is 937 g/mol. The van der Waals surface area contributed by atoms with Crippen molar-refractivity contribution in [1.82, 2.24) is 15.0 Å². The van der Waals surface area contributed by atoms with Crippen LogP contribution in [0.2, 0.25) is 0 Å². The van der Waals surface area contributed by atoms with Crippen molar-refractivity contribution in [2.75, 3.05) is 0 Å².